The summed E-state index contributed by atoms with van der Waals surface area (Å²) in [6.07, 6.45) is 8.72. The van der Waals surface area contributed by atoms with Gasteiger partial charge >= 0.3 is 0 Å². The first kappa shape index (κ1) is 14.6. The maximum absolute atomic E-state index is 6.11. The maximum atomic E-state index is 6.11. The highest BCUT2D eigenvalue weighted by Gasteiger charge is 2.46. The van der Waals surface area contributed by atoms with Crippen LogP contribution >= 0.6 is 0 Å². The molecule has 1 fully saturated rings. The molecule has 0 aromatic heterocycles. The van der Waals surface area contributed by atoms with Gasteiger partial charge in [-0.15, -0.1) is 0 Å². The van der Waals surface area contributed by atoms with Crippen LogP contribution in [0, 0.1) is 10.8 Å². The van der Waals surface area contributed by atoms with Crippen LogP contribution in [0.2, 0.25) is 0 Å². The van der Waals surface area contributed by atoms with Crippen LogP contribution in [0.15, 0.2) is 11.1 Å². The van der Waals surface area contributed by atoms with E-state index in [1.165, 1.54) is 38.5 Å². The fourth-order valence-corrected chi connectivity index (χ4v) is 4.19. The van der Waals surface area contributed by atoms with Crippen molar-refractivity contribution in [2.45, 2.75) is 78.4 Å². The summed E-state index contributed by atoms with van der Waals surface area (Å²) in [6.45, 7) is 10.8. The van der Waals surface area contributed by atoms with Crippen molar-refractivity contribution in [3.05, 3.63) is 11.1 Å². The lowest BCUT2D eigenvalue weighted by Crippen LogP contribution is -2.49. The second-order valence-electron chi connectivity index (χ2n) is 8.06. The fourth-order valence-electron chi connectivity index (χ4n) is 4.19. The lowest BCUT2D eigenvalue weighted by atomic mass is 9.61. The summed E-state index contributed by atoms with van der Waals surface area (Å²) in [5, 5.41) is 0. The molecule has 0 saturated carbocycles. The van der Waals surface area contributed by atoms with E-state index in [0.29, 0.717) is 5.41 Å². The van der Waals surface area contributed by atoms with Gasteiger partial charge in [0.1, 0.15) is 0 Å². The van der Waals surface area contributed by atoms with Gasteiger partial charge in [0, 0.05) is 5.41 Å². The molecular weight excluding hydrogens is 248 g/mol. The van der Waals surface area contributed by atoms with E-state index in [4.69, 9.17) is 9.47 Å². The van der Waals surface area contributed by atoms with Crippen molar-refractivity contribution < 1.29 is 9.47 Å². The minimum absolute atomic E-state index is 0.252. The Morgan fingerprint density at radius 1 is 1.00 bits per heavy atom. The molecule has 0 aromatic rings. The predicted octanol–water partition coefficient (Wildman–Crippen LogP) is 4.84. The molecule has 1 heterocycles. The van der Waals surface area contributed by atoms with Crippen LogP contribution in [0.1, 0.15) is 72.6 Å². The zero-order valence-corrected chi connectivity index (χ0v) is 13.7. The molecule has 0 bridgehead atoms. The van der Waals surface area contributed by atoms with E-state index in [1.54, 1.807) is 11.1 Å². The molecule has 2 nitrogen and oxygen atoms in total. The average molecular weight is 278 g/mol. The Morgan fingerprint density at radius 2 is 1.70 bits per heavy atom. The van der Waals surface area contributed by atoms with Crippen molar-refractivity contribution in [2.24, 2.45) is 10.8 Å². The molecule has 0 atom stereocenters. The van der Waals surface area contributed by atoms with Gasteiger partial charge in [-0.1, -0.05) is 31.9 Å². The summed E-state index contributed by atoms with van der Waals surface area (Å²) < 4.78 is 12.2. The molecule has 0 amide bonds. The number of allylic oxidation sites excluding steroid dienone is 2. The second kappa shape index (κ2) is 4.84. The summed E-state index contributed by atoms with van der Waals surface area (Å²) in [4.78, 5) is 0. The van der Waals surface area contributed by atoms with E-state index in [-0.39, 0.29) is 11.2 Å². The molecule has 2 aliphatic carbocycles. The van der Waals surface area contributed by atoms with Crippen LogP contribution in [0.3, 0.4) is 0 Å². The molecule has 3 aliphatic rings. The van der Waals surface area contributed by atoms with E-state index < -0.39 is 0 Å². The van der Waals surface area contributed by atoms with Gasteiger partial charge in [-0.3, -0.25) is 0 Å². The normalized spacial score (nSPS) is 40.8. The molecule has 0 N–H and O–H groups in total. The molecule has 0 aromatic carbocycles. The number of rotatable bonds is 1. The van der Waals surface area contributed by atoms with E-state index in [2.05, 4.69) is 27.7 Å². The van der Waals surface area contributed by atoms with Crippen LogP contribution < -0.4 is 0 Å². The summed E-state index contributed by atoms with van der Waals surface area (Å²) in [6, 6.07) is 0. The second-order valence-corrected chi connectivity index (χ2v) is 8.06. The molecule has 0 unspecified atom stereocenters. The van der Waals surface area contributed by atoms with Crippen molar-refractivity contribution in [3.63, 3.8) is 0 Å². The Kier molecular flexibility index (Phi) is 3.53. The first-order chi connectivity index (χ1) is 9.38. The van der Waals surface area contributed by atoms with Crippen molar-refractivity contribution >= 4 is 0 Å². The third-order valence-corrected chi connectivity index (χ3v) is 6.04. The Bertz CT molecular complexity index is 411. The van der Waals surface area contributed by atoms with Crippen molar-refractivity contribution in [1.29, 1.82) is 0 Å². The van der Waals surface area contributed by atoms with Crippen LogP contribution in [-0.4, -0.2) is 19.0 Å². The van der Waals surface area contributed by atoms with Crippen LogP contribution in [0.25, 0.3) is 0 Å². The van der Waals surface area contributed by atoms with Gasteiger partial charge in [0.05, 0.1) is 13.2 Å². The van der Waals surface area contributed by atoms with Crippen molar-refractivity contribution in [1.82, 2.24) is 0 Å². The minimum Gasteiger partial charge on any atom is -0.350 e. The highest BCUT2D eigenvalue weighted by molar-refractivity contribution is 5.28. The smallest absolute Gasteiger partial charge is 0.165 e. The van der Waals surface area contributed by atoms with Gasteiger partial charge in [-0.25, -0.2) is 0 Å². The fraction of sp³-hybridized carbons (Fsp3) is 0.889. The summed E-state index contributed by atoms with van der Waals surface area (Å²) >= 11 is 0. The molecular formula is C18H30O2. The van der Waals surface area contributed by atoms with Gasteiger partial charge in [0.25, 0.3) is 0 Å². The standard InChI is InChI=1S/C18H30O2/c1-5-17(4)19-12-18(13-20-17)10-8-14-7-6-9-16(2,3)15(14)11-18/h5-13H2,1-4H3. The number of hydrogen-bond acceptors (Lipinski definition) is 2. The molecule has 2 heteroatoms. The van der Waals surface area contributed by atoms with Crippen molar-refractivity contribution in [3.8, 4) is 0 Å². The Balaban J connectivity index is 1.78. The van der Waals surface area contributed by atoms with Crippen molar-refractivity contribution in [2.75, 3.05) is 13.2 Å². The summed E-state index contributed by atoms with van der Waals surface area (Å²) in [7, 11) is 0. The SMILES string of the molecule is CCC1(C)OCC2(CCC3=C(C2)C(C)(C)CCC3)CO1. The molecule has 1 spiro atoms. The Morgan fingerprint density at radius 3 is 2.35 bits per heavy atom. The predicted molar refractivity (Wildman–Crippen MR) is 81.5 cm³/mol. The third kappa shape index (κ3) is 2.46. The molecule has 0 radical (unpaired) electrons. The first-order valence-corrected chi connectivity index (χ1v) is 8.37. The number of hydrogen-bond donors (Lipinski definition) is 0. The quantitative estimate of drug-likeness (QED) is 0.639. The third-order valence-electron chi connectivity index (χ3n) is 6.04. The van der Waals surface area contributed by atoms with Gasteiger partial charge in [0.15, 0.2) is 5.79 Å². The molecule has 20 heavy (non-hydrogen) atoms. The largest absolute Gasteiger partial charge is 0.350 e. The summed E-state index contributed by atoms with van der Waals surface area (Å²) in [5.41, 5.74) is 4.15. The zero-order valence-electron chi connectivity index (χ0n) is 13.7. The van der Waals surface area contributed by atoms with E-state index in [9.17, 15) is 0 Å². The average Bonchev–Trinajstić information content (AvgIpc) is 2.44. The monoisotopic (exact) mass is 278 g/mol. The maximum Gasteiger partial charge on any atom is 0.165 e. The number of ether oxygens (including phenoxy) is 2. The molecule has 1 saturated heterocycles. The first-order valence-electron chi connectivity index (χ1n) is 8.37. The van der Waals surface area contributed by atoms with E-state index in [1.807, 2.05) is 0 Å². The lowest BCUT2D eigenvalue weighted by Gasteiger charge is -2.50. The Hall–Kier alpha value is -0.340. The molecule has 1 aliphatic heterocycles. The lowest BCUT2D eigenvalue weighted by molar-refractivity contribution is -0.297. The Labute approximate surface area is 123 Å². The summed E-state index contributed by atoms with van der Waals surface area (Å²) in [5.74, 6) is -0.345. The highest BCUT2D eigenvalue weighted by atomic mass is 16.7. The topological polar surface area (TPSA) is 18.5 Å². The van der Waals surface area contributed by atoms with Crippen LogP contribution in [0.5, 0.6) is 0 Å². The van der Waals surface area contributed by atoms with Crippen LogP contribution in [0.4, 0.5) is 0 Å². The van der Waals surface area contributed by atoms with Crippen LogP contribution in [-0.2, 0) is 9.47 Å². The van der Waals surface area contributed by atoms with E-state index in [0.717, 1.165) is 19.6 Å². The molecule has 3 rings (SSSR count). The van der Waals surface area contributed by atoms with Gasteiger partial charge < -0.3 is 9.47 Å². The van der Waals surface area contributed by atoms with Gasteiger partial charge in [0.2, 0.25) is 0 Å². The molecule has 114 valence electrons. The van der Waals surface area contributed by atoms with Gasteiger partial charge in [-0.2, -0.15) is 0 Å². The van der Waals surface area contributed by atoms with Gasteiger partial charge in [-0.05, 0) is 57.3 Å². The highest BCUT2D eigenvalue weighted by Crippen LogP contribution is 2.53. The minimum atomic E-state index is -0.345. The zero-order chi connectivity index (χ0) is 14.4. The van der Waals surface area contributed by atoms with E-state index >= 15 is 0 Å².